The van der Waals surface area contributed by atoms with Crippen LogP contribution in [0.2, 0.25) is 0 Å². The Morgan fingerprint density at radius 2 is 0.897 bits per heavy atom. The summed E-state index contributed by atoms with van der Waals surface area (Å²) < 4.78 is 8.50. The Hall–Kier alpha value is -0.132. The van der Waals surface area contributed by atoms with Crippen LogP contribution >= 0.6 is 0 Å². The van der Waals surface area contributed by atoms with E-state index < -0.39 is 0 Å². The molecule has 0 heterocycles. The fourth-order valence-corrected chi connectivity index (χ4v) is 1.07. The fraction of sp³-hybridized carbons (Fsp3) is 0.364. The first-order chi connectivity index (χ1) is 12.7. The molecule has 29 heavy (non-hydrogen) atoms. The van der Waals surface area contributed by atoms with Gasteiger partial charge >= 0.3 is 0 Å². The zero-order chi connectivity index (χ0) is 21.1. The van der Waals surface area contributed by atoms with E-state index in [0.717, 1.165) is 23.6 Å². The number of nitrogens with two attached hydrogens (primary N) is 1. The summed E-state index contributed by atoms with van der Waals surface area (Å²) in [5.41, 5.74) is 1.57. The van der Waals surface area contributed by atoms with Gasteiger partial charge in [-0.25, -0.2) is 0 Å². The van der Waals surface area contributed by atoms with Gasteiger partial charge in [0.25, 0.3) is 0 Å². The van der Waals surface area contributed by atoms with Gasteiger partial charge in [0, 0.05) is 99.4 Å². The maximum absolute atomic E-state index is 10.0. The van der Waals surface area contributed by atoms with Crippen LogP contribution in [-0.2, 0) is 74.9 Å². The maximum Gasteiger partial charge on any atom is 0.150 e. The number of ether oxygens (including phenoxy) is 2. The summed E-state index contributed by atoms with van der Waals surface area (Å²) in [6.07, 6.45) is 1.92. The quantitative estimate of drug-likeness (QED) is 0.314. The Bertz CT molecular complexity index is 428. The van der Waals surface area contributed by atoms with Crippen molar-refractivity contribution in [3.63, 3.8) is 0 Å². The van der Waals surface area contributed by atoms with Crippen molar-refractivity contribution in [3.8, 4) is 0 Å². The summed E-state index contributed by atoms with van der Waals surface area (Å²) in [6, 6.07) is 18.4. The zero-order valence-electron chi connectivity index (χ0n) is 19.3. The second kappa shape index (κ2) is 51.0. The van der Waals surface area contributed by atoms with Crippen molar-refractivity contribution in [2.24, 2.45) is 0 Å². The number of hydrogen-bond donors (Lipinski definition) is 0. The van der Waals surface area contributed by atoms with E-state index >= 15 is 0 Å². The molecular weight excluding hydrogens is 518 g/mol. The van der Waals surface area contributed by atoms with E-state index in [1.807, 2.05) is 76.2 Å². The van der Waals surface area contributed by atoms with Gasteiger partial charge < -0.3 is 21.0 Å². The standard InChI is InChI=1S/C7H6N.C7H6O.2C2H6O.2C2H6.H2N.2Y/c2*8-6-7-4-2-1-3-5-7;2*1-3-2;2*1-2;;;/h2*1-6H;2*1-2H3;2*1-2H3;1H2;;/q-1;;;;;;-1;;. The van der Waals surface area contributed by atoms with E-state index in [1.165, 1.54) is 0 Å². The first-order valence-electron chi connectivity index (χ1n) is 8.53. The molecule has 5 nitrogen and oxygen atoms in total. The number of benzene rings is 2. The van der Waals surface area contributed by atoms with E-state index in [2.05, 4.69) is 9.47 Å². The molecule has 7 heteroatoms. The SMILES string of the molecule is CC.CC.COC.COC.O=Cc1ccccc1.[N-]=Cc1ccccc1.[NH2-].[Y].[Y]. The van der Waals surface area contributed by atoms with Crippen molar-refractivity contribution in [2.75, 3.05) is 28.4 Å². The molecule has 0 aliphatic carbocycles. The van der Waals surface area contributed by atoms with Gasteiger partial charge in [-0.1, -0.05) is 88.4 Å². The van der Waals surface area contributed by atoms with Gasteiger partial charge in [-0.05, 0) is 5.56 Å². The minimum atomic E-state index is 0. The van der Waals surface area contributed by atoms with Crippen LogP contribution in [0.25, 0.3) is 11.6 Å². The molecule has 2 radical (unpaired) electrons. The largest absolute Gasteiger partial charge is 0.810 e. The molecule has 0 bridgehead atoms. The van der Waals surface area contributed by atoms with E-state index in [0.29, 0.717) is 0 Å². The number of aldehydes is 1. The molecule has 0 unspecified atom stereocenters. The van der Waals surface area contributed by atoms with Crippen molar-refractivity contribution in [2.45, 2.75) is 27.7 Å². The average Bonchev–Trinajstić information content (AvgIpc) is 2.74. The van der Waals surface area contributed by atoms with Crippen LogP contribution in [-0.4, -0.2) is 40.9 Å². The summed E-state index contributed by atoms with van der Waals surface area (Å²) in [7, 11) is 6.50. The minimum absolute atomic E-state index is 0. The number of nitrogens with zero attached hydrogens (tertiary/aromatic N) is 1. The normalized spacial score (nSPS) is 6.34. The number of rotatable bonds is 2. The smallest absolute Gasteiger partial charge is 0.150 e. The van der Waals surface area contributed by atoms with Crippen LogP contribution in [0.4, 0.5) is 0 Å². The number of carbonyl (C=O) groups is 1. The fourth-order valence-electron chi connectivity index (χ4n) is 1.07. The molecule has 0 aromatic heterocycles. The van der Waals surface area contributed by atoms with Gasteiger partial charge in [0.05, 0.1) is 0 Å². The molecule has 0 saturated carbocycles. The average molecular weight is 556 g/mol. The molecule has 2 rings (SSSR count). The molecule has 2 N–H and O–H groups in total. The van der Waals surface area contributed by atoms with Crippen molar-refractivity contribution in [3.05, 3.63) is 83.4 Å². The van der Waals surface area contributed by atoms with E-state index in [1.54, 1.807) is 40.6 Å². The van der Waals surface area contributed by atoms with E-state index in [9.17, 15) is 4.79 Å². The van der Waals surface area contributed by atoms with Gasteiger partial charge in [-0.3, -0.25) is 4.79 Å². The third kappa shape index (κ3) is 47.2. The molecule has 0 aliphatic rings. The van der Waals surface area contributed by atoms with Crippen LogP contribution < -0.4 is 0 Å². The van der Waals surface area contributed by atoms with Gasteiger partial charge in [0.2, 0.25) is 0 Å². The Morgan fingerprint density at radius 3 is 1.03 bits per heavy atom. The third-order valence-electron chi connectivity index (χ3n) is 1.88. The van der Waals surface area contributed by atoms with Gasteiger partial charge in [0.15, 0.2) is 0 Å². The first-order valence-corrected chi connectivity index (χ1v) is 8.53. The molecule has 0 amide bonds. The monoisotopic (exact) mass is 556 g/mol. The Balaban J connectivity index is -0.0000000436. The third-order valence-corrected chi connectivity index (χ3v) is 1.88. The molecule has 0 saturated heterocycles. The predicted molar refractivity (Wildman–Crippen MR) is 121 cm³/mol. The second-order valence-electron chi connectivity index (χ2n) is 3.88. The van der Waals surface area contributed by atoms with Crippen LogP contribution in [0.1, 0.15) is 43.6 Å². The Kier molecular flexibility index (Phi) is 82.4. The Morgan fingerprint density at radius 1 is 0.655 bits per heavy atom. The molecule has 0 fully saturated rings. The van der Waals surface area contributed by atoms with Gasteiger partial charge in [-0.15, -0.1) is 0 Å². The molecular formula is C22H38N2O3Y2-2. The minimum Gasteiger partial charge on any atom is -0.810 e. The summed E-state index contributed by atoms with van der Waals surface area (Å²) in [4.78, 5) is 10.0. The number of carbonyl (C=O) groups excluding carboxylic acids is 1. The topological polar surface area (TPSA) is 91.3 Å². The second-order valence-corrected chi connectivity index (χ2v) is 3.88. The zero-order valence-corrected chi connectivity index (χ0v) is 25.0. The van der Waals surface area contributed by atoms with Crippen LogP contribution in [0, 0.1) is 0 Å². The van der Waals surface area contributed by atoms with Crippen LogP contribution in [0.5, 0.6) is 0 Å². The number of methoxy groups -OCH3 is 2. The molecule has 162 valence electrons. The predicted octanol–water partition coefficient (Wildman–Crippen LogP) is 6.46. The molecule has 0 atom stereocenters. The Labute approximate surface area is 229 Å². The first kappa shape index (κ1) is 46.9. The molecule has 2 aromatic carbocycles. The summed E-state index contributed by atoms with van der Waals surface area (Å²) >= 11 is 0. The summed E-state index contributed by atoms with van der Waals surface area (Å²) in [5.74, 6) is 0. The number of hydrogen-bond acceptors (Lipinski definition) is 3. The van der Waals surface area contributed by atoms with Crippen molar-refractivity contribution >= 4 is 12.5 Å². The van der Waals surface area contributed by atoms with Crippen LogP contribution in [0.15, 0.2) is 60.7 Å². The van der Waals surface area contributed by atoms with Gasteiger partial charge in [0.1, 0.15) is 6.29 Å². The van der Waals surface area contributed by atoms with Crippen molar-refractivity contribution in [1.82, 2.24) is 0 Å². The van der Waals surface area contributed by atoms with Crippen molar-refractivity contribution < 1.29 is 79.7 Å². The van der Waals surface area contributed by atoms with E-state index in [-0.39, 0.29) is 71.6 Å². The van der Waals surface area contributed by atoms with E-state index in [4.69, 9.17) is 5.41 Å². The molecule has 0 aliphatic heterocycles. The molecule has 2 aromatic rings. The van der Waals surface area contributed by atoms with Crippen molar-refractivity contribution in [1.29, 1.82) is 0 Å². The maximum atomic E-state index is 10.0. The summed E-state index contributed by atoms with van der Waals surface area (Å²) in [6.45, 7) is 8.00. The summed E-state index contributed by atoms with van der Waals surface area (Å²) in [5, 5.41) is 8.41. The molecule has 0 spiro atoms. The van der Waals surface area contributed by atoms with Gasteiger partial charge in [-0.2, -0.15) is 6.21 Å². The van der Waals surface area contributed by atoms with Crippen LogP contribution in [0.3, 0.4) is 0 Å².